The lowest BCUT2D eigenvalue weighted by molar-refractivity contribution is 0.272. The Labute approximate surface area is 102 Å². The number of phenolic OH excluding ortho intramolecular Hbond substituents is 1. The first kappa shape index (κ1) is 12.9. The van der Waals surface area contributed by atoms with Gasteiger partial charge >= 0.3 is 0 Å². The van der Waals surface area contributed by atoms with Gasteiger partial charge in [-0.15, -0.1) is 0 Å². The van der Waals surface area contributed by atoms with Crippen LogP contribution < -0.4 is 5.73 Å². The van der Waals surface area contributed by atoms with Gasteiger partial charge in [-0.2, -0.15) is 0 Å². The Morgan fingerprint density at radius 1 is 1.31 bits per heavy atom. The molecule has 0 aromatic heterocycles. The molecule has 16 heavy (non-hydrogen) atoms. The van der Waals surface area contributed by atoms with Crippen LogP contribution in [0.2, 0.25) is 0 Å². The van der Waals surface area contributed by atoms with Crippen molar-refractivity contribution in [3.63, 3.8) is 0 Å². The third-order valence-corrected chi connectivity index (χ3v) is 2.88. The van der Waals surface area contributed by atoms with Gasteiger partial charge in [0.25, 0.3) is 0 Å². The number of hydrogen-bond acceptors (Lipinski definition) is 3. The van der Waals surface area contributed by atoms with E-state index in [2.05, 4.69) is 18.7 Å². The molecular formula is C12H18N2OS. The van der Waals surface area contributed by atoms with Crippen LogP contribution in [0.3, 0.4) is 0 Å². The van der Waals surface area contributed by atoms with Gasteiger partial charge < -0.3 is 10.8 Å². The molecule has 0 bridgehead atoms. The minimum atomic E-state index is -0.0504. The van der Waals surface area contributed by atoms with E-state index >= 15 is 0 Å². The van der Waals surface area contributed by atoms with Crippen molar-refractivity contribution in [2.24, 2.45) is 5.73 Å². The van der Waals surface area contributed by atoms with Crippen LogP contribution in [0.1, 0.15) is 25.5 Å². The van der Waals surface area contributed by atoms with Crippen LogP contribution in [0.5, 0.6) is 5.75 Å². The van der Waals surface area contributed by atoms with Crippen LogP contribution in [0.25, 0.3) is 0 Å². The molecule has 0 heterocycles. The second kappa shape index (κ2) is 5.82. The molecule has 0 fully saturated rings. The molecule has 1 aromatic carbocycles. The monoisotopic (exact) mass is 238 g/mol. The molecule has 88 valence electrons. The van der Waals surface area contributed by atoms with E-state index in [1.54, 1.807) is 12.1 Å². The molecule has 0 saturated carbocycles. The highest BCUT2D eigenvalue weighted by Gasteiger charge is 2.20. The van der Waals surface area contributed by atoms with E-state index in [0.29, 0.717) is 4.99 Å². The zero-order valence-electron chi connectivity index (χ0n) is 9.68. The summed E-state index contributed by atoms with van der Waals surface area (Å²) in [6.07, 6.45) is 0. The van der Waals surface area contributed by atoms with Gasteiger partial charge in [0.1, 0.15) is 5.75 Å². The summed E-state index contributed by atoms with van der Waals surface area (Å²) in [7, 11) is 0. The normalized spacial score (nSPS) is 12.7. The number of phenols is 1. The van der Waals surface area contributed by atoms with Gasteiger partial charge in [-0.1, -0.05) is 38.2 Å². The zero-order valence-corrected chi connectivity index (χ0v) is 10.5. The molecule has 0 spiro atoms. The van der Waals surface area contributed by atoms with Gasteiger partial charge in [-0.3, -0.25) is 4.90 Å². The summed E-state index contributed by atoms with van der Waals surface area (Å²) in [5, 5.41) is 9.25. The molecule has 0 amide bonds. The summed E-state index contributed by atoms with van der Waals surface area (Å²) in [6, 6.07) is 6.98. The molecule has 0 aliphatic heterocycles. The van der Waals surface area contributed by atoms with E-state index in [1.165, 1.54) is 0 Å². The van der Waals surface area contributed by atoms with Crippen molar-refractivity contribution in [2.75, 3.05) is 13.1 Å². The fraction of sp³-hybridized carbons (Fsp3) is 0.417. The third-order valence-electron chi connectivity index (χ3n) is 2.66. The number of nitrogens with zero attached hydrogens (tertiary/aromatic N) is 1. The number of rotatable bonds is 5. The van der Waals surface area contributed by atoms with Gasteiger partial charge in [0.05, 0.1) is 11.0 Å². The molecule has 1 rings (SSSR count). The lowest BCUT2D eigenvalue weighted by Gasteiger charge is -2.29. The molecule has 1 unspecified atom stereocenters. The molecular weight excluding hydrogens is 220 g/mol. The molecule has 4 heteroatoms. The largest absolute Gasteiger partial charge is 0.508 e. The van der Waals surface area contributed by atoms with Crippen molar-refractivity contribution in [3.8, 4) is 5.75 Å². The van der Waals surface area contributed by atoms with Crippen LogP contribution in [-0.4, -0.2) is 28.1 Å². The number of likely N-dealkylation sites (N-methyl/N-ethyl adjacent to an activating group) is 1. The molecule has 0 aliphatic carbocycles. The van der Waals surface area contributed by atoms with E-state index in [-0.39, 0.29) is 11.8 Å². The predicted octanol–water partition coefficient (Wildman–Crippen LogP) is 2.06. The Kier molecular flexibility index (Phi) is 4.71. The van der Waals surface area contributed by atoms with Crippen LogP contribution in [0, 0.1) is 0 Å². The third kappa shape index (κ3) is 2.93. The fourth-order valence-corrected chi connectivity index (χ4v) is 2.09. The van der Waals surface area contributed by atoms with Crippen molar-refractivity contribution in [1.82, 2.24) is 4.90 Å². The molecule has 0 radical (unpaired) electrons. The Morgan fingerprint density at radius 3 is 2.19 bits per heavy atom. The quantitative estimate of drug-likeness (QED) is 0.771. The van der Waals surface area contributed by atoms with Crippen molar-refractivity contribution in [2.45, 2.75) is 19.9 Å². The molecule has 1 atom stereocenters. The minimum Gasteiger partial charge on any atom is -0.508 e. The van der Waals surface area contributed by atoms with Gasteiger partial charge in [0, 0.05) is 0 Å². The predicted molar refractivity (Wildman–Crippen MR) is 70.6 cm³/mol. The van der Waals surface area contributed by atoms with Crippen molar-refractivity contribution in [1.29, 1.82) is 0 Å². The summed E-state index contributed by atoms with van der Waals surface area (Å²) in [6.45, 7) is 5.93. The maximum atomic E-state index is 9.25. The smallest absolute Gasteiger partial charge is 0.115 e. The first-order valence-corrected chi connectivity index (χ1v) is 5.83. The van der Waals surface area contributed by atoms with E-state index < -0.39 is 0 Å². The summed E-state index contributed by atoms with van der Waals surface area (Å²) >= 11 is 5.11. The Bertz CT molecular complexity index is 347. The first-order valence-electron chi connectivity index (χ1n) is 5.42. The summed E-state index contributed by atoms with van der Waals surface area (Å²) < 4.78 is 0. The van der Waals surface area contributed by atoms with Crippen molar-refractivity contribution < 1.29 is 5.11 Å². The second-order valence-corrected chi connectivity index (χ2v) is 4.09. The van der Waals surface area contributed by atoms with Crippen molar-refractivity contribution >= 4 is 17.2 Å². The van der Waals surface area contributed by atoms with E-state index in [1.807, 2.05) is 12.1 Å². The molecule has 3 nitrogen and oxygen atoms in total. The number of aromatic hydroxyl groups is 1. The molecule has 1 aromatic rings. The number of thiocarbonyl (C=S) groups is 1. The number of nitrogens with two attached hydrogens (primary N) is 1. The Balaban J connectivity index is 3.02. The zero-order chi connectivity index (χ0) is 12.1. The van der Waals surface area contributed by atoms with Crippen molar-refractivity contribution in [3.05, 3.63) is 29.8 Å². The maximum Gasteiger partial charge on any atom is 0.115 e. The van der Waals surface area contributed by atoms with Gasteiger partial charge in [0.15, 0.2) is 0 Å². The number of benzene rings is 1. The second-order valence-electron chi connectivity index (χ2n) is 3.62. The summed E-state index contributed by atoms with van der Waals surface area (Å²) in [5.74, 6) is 0.255. The first-order chi connectivity index (χ1) is 7.60. The highest BCUT2D eigenvalue weighted by atomic mass is 32.1. The van der Waals surface area contributed by atoms with Crippen LogP contribution >= 0.6 is 12.2 Å². The lowest BCUT2D eigenvalue weighted by atomic mass is 10.1. The van der Waals surface area contributed by atoms with Gasteiger partial charge in [0.2, 0.25) is 0 Å². The highest BCUT2D eigenvalue weighted by Crippen LogP contribution is 2.22. The lowest BCUT2D eigenvalue weighted by Crippen LogP contribution is -2.36. The topological polar surface area (TPSA) is 49.5 Å². The van der Waals surface area contributed by atoms with E-state index in [0.717, 1.165) is 18.7 Å². The average Bonchev–Trinajstić information content (AvgIpc) is 2.27. The van der Waals surface area contributed by atoms with Gasteiger partial charge in [-0.05, 0) is 30.8 Å². The van der Waals surface area contributed by atoms with Crippen LogP contribution in [0.4, 0.5) is 0 Å². The van der Waals surface area contributed by atoms with Crippen LogP contribution in [0.15, 0.2) is 24.3 Å². The molecule has 3 N–H and O–H groups in total. The average molecular weight is 238 g/mol. The van der Waals surface area contributed by atoms with Gasteiger partial charge in [-0.25, -0.2) is 0 Å². The Hall–Kier alpha value is -1.13. The summed E-state index contributed by atoms with van der Waals surface area (Å²) in [5.41, 5.74) is 6.81. The standard InChI is InChI=1S/C12H18N2OS/c1-3-14(4-2)11(12(13)16)9-5-7-10(15)8-6-9/h5-8,11,15H,3-4H2,1-2H3,(H2,13,16). The minimum absolute atomic E-state index is 0.0504. The number of hydrogen-bond donors (Lipinski definition) is 2. The molecule has 0 aliphatic rings. The summed E-state index contributed by atoms with van der Waals surface area (Å²) in [4.78, 5) is 2.66. The Morgan fingerprint density at radius 2 is 1.81 bits per heavy atom. The van der Waals surface area contributed by atoms with E-state index in [9.17, 15) is 5.11 Å². The van der Waals surface area contributed by atoms with Crippen LogP contribution in [-0.2, 0) is 0 Å². The van der Waals surface area contributed by atoms with E-state index in [4.69, 9.17) is 18.0 Å². The highest BCUT2D eigenvalue weighted by molar-refractivity contribution is 7.80. The SMILES string of the molecule is CCN(CC)C(C(N)=S)c1ccc(O)cc1. The fourth-order valence-electron chi connectivity index (χ4n) is 1.80. The maximum absolute atomic E-state index is 9.25. The molecule has 0 saturated heterocycles.